The van der Waals surface area contributed by atoms with E-state index in [4.69, 9.17) is 11.6 Å². The Bertz CT molecular complexity index is 650. The highest BCUT2D eigenvalue weighted by Gasteiger charge is 2.31. The number of rotatable bonds is 3. The van der Waals surface area contributed by atoms with Crippen molar-refractivity contribution in [2.45, 2.75) is 36.9 Å². The summed E-state index contributed by atoms with van der Waals surface area (Å²) >= 11 is 7.82. The molecule has 0 spiro atoms. The maximum absolute atomic E-state index is 13.8. The van der Waals surface area contributed by atoms with Crippen molar-refractivity contribution >= 4 is 34.4 Å². The zero-order chi connectivity index (χ0) is 14.3. The highest BCUT2D eigenvalue weighted by Crippen LogP contribution is 2.40. The first-order chi connectivity index (χ1) is 9.52. The number of benzene rings is 1. The minimum Gasteiger partial charge on any atom is -0.325 e. The van der Waals surface area contributed by atoms with Crippen molar-refractivity contribution in [3.8, 4) is 0 Å². The number of fused-ring (bicyclic) bond motifs is 1. The number of hydrogen-bond acceptors (Lipinski definition) is 2. The number of aromatic nitrogens is 2. The second kappa shape index (κ2) is 5.19. The van der Waals surface area contributed by atoms with Gasteiger partial charge in [-0.1, -0.05) is 0 Å². The van der Waals surface area contributed by atoms with Crippen molar-refractivity contribution in [2.75, 3.05) is 5.75 Å². The molecule has 1 unspecified atom stereocenters. The monoisotopic (exact) mass is 316 g/mol. The van der Waals surface area contributed by atoms with E-state index in [-0.39, 0.29) is 16.1 Å². The fourth-order valence-corrected chi connectivity index (χ4v) is 4.27. The molecule has 1 aliphatic rings. The van der Waals surface area contributed by atoms with Gasteiger partial charge in [0.05, 0.1) is 11.4 Å². The lowest BCUT2D eigenvalue weighted by Gasteiger charge is -2.24. The van der Waals surface area contributed by atoms with E-state index < -0.39 is 11.6 Å². The molecule has 2 aromatic rings. The van der Waals surface area contributed by atoms with Crippen molar-refractivity contribution in [1.82, 2.24) is 9.55 Å². The van der Waals surface area contributed by atoms with Crippen LogP contribution in [-0.4, -0.2) is 20.1 Å². The molecule has 0 amide bonds. The molecule has 2 heterocycles. The van der Waals surface area contributed by atoms with E-state index >= 15 is 0 Å². The van der Waals surface area contributed by atoms with Gasteiger partial charge in [0.2, 0.25) is 0 Å². The van der Waals surface area contributed by atoms with Gasteiger partial charge in [-0.25, -0.2) is 13.8 Å². The highest BCUT2D eigenvalue weighted by atomic mass is 35.5. The van der Waals surface area contributed by atoms with Crippen LogP contribution in [-0.2, 0) is 12.4 Å². The topological polar surface area (TPSA) is 17.8 Å². The Morgan fingerprint density at radius 2 is 2.25 bits per heavy atom. The molecule has 1 aromatic heterocycles. The molecule has 1 atom stereocenters. The van der Waals surface area contributed by atoms with Crippen LogP contribution in [0.3, 0.4) is 0 Å². The number of hydrogen-bond donors (Lipinski definition) is 0. The summed E-state index contributed by atoms with van der Waals surface area (Å²) in [4.78, 5) is 4.23. The Hall–Kier alpha value is -0.810. The van der Waals surface area contributed by atoms with Gasteiger partial charge in [0.15, 0.2) is 5.82 Å². The van der Waals surface area contributed by atoms with E-state index in [9.17, 15) is 8.78 Å². The largest absolute Gasteiger partial charge is 0.325 e. The first-order valence-electron chi connectivity index (χ1n) is 6.56. The third-order valence-corrected chi connectivity index (χ3v) is 5.53. The Kier molecular flexibility index (Phi) is 3.67. The number of alkyl halides is 1. The third-order valence-electron chi connectivity index (χ3n) is 3.76. The summed E-state index contributed by atoms with van der Waals surface area (Å²) < 4.78 is 29.3. The SMILES string of the molecule is CC1(Cn2c(CCl)nc3c(F)cc(F)cc32)CCCS1. The first kappa shape index (κ1) is 14.1. The van der Waals surface area contributed by atoms with Gasteiger partial charge < -0.3 is 4.57 Å². The van der Waals surface area contributed by atoms with Crippen LogP contribution in [0, 0.1) is 11.6 Å². The van der Waals surface area contributed by atoms with Crippen LogP contribution in [0.1, 0.15) is 25.6 Å². The van der Waals surface area contributed by atoms with Gasteiger partial charge in [0, 0.05) is 17.4 Å². The normalized spacial score (nSPS) is 22.8. The molecule has 1 fully saturated rings. The van der Waals surface area contributed by atoms with E-state index in [1.165, 1.54) is 12.5 Å². The first-order valence-corrected chi connectivity index (χ1v) is 8.08. The number of nitrogens with zero attached hydrogens (tertiary/aromatic N) is 2. The van der Waals surface area contributed by atoms with Gasteiger partial charge in [-0.3, -0.25) is 0 Å². The molecule has 0 saturated carbocycles. The highest BCUT2D eigenvalue weighted by molar-refractivity contribution is 8.00. The average Bonchev–Trinajstić information content (AvgIpc) is 2.95. The molecule has 1 saturated heterocycles. The van der Waals surface area contributed by atoms with Gasteiger partial charge in [-0.05, 0) is 31.6 Å². The molecule has 0 bridgehead atoms. The summed E-state index contributed by atoms with van der Waals surface area (Å²) in [6.07, 6.45) is 2.27. The molecule has 20 heavy (non-hydrogen) atoms. The molecule has 3 rings (SSSR count). The van der Waals surface area contributed by atoms with Crippen LogP contribution in [0.2, 0.25) is 0 Å². The Labute approximate surface area is 125 Å². The van der Waals surface area contributed by atoms with Crippen LogP contribution in [0.15, 0.2) is 12.1 Å². The van der Waals surface area contributed by atoms with E-state index in [1.807, 2.05) is 16.3 Å². The van der Waals surface area contributed by atoms with Gasteiger partial charge in [0.1, 0.15) is 17.2 Å². The molecule has 0 N–H and O–H groups in total. The molecular weight excluding hydrogens is 302 g/mol. The van der Waals surface area contributed by atoms with Crippen molar-refractivity contribution in [2.24, 2.45) is 0 Å². The van der Waals surface area contributed by atoms with E-state index in [0.717, 1.165) is 18.2 Å². The lowest BCUT2D eigenvalue weighted by Crippen LogP contribution is -2.24. The molecular formula is C14H15ClF2N2S. The average molecular weight is 317 g/mol. The van der Waals surface area contributed by atoms with Gasteiger partial charge in [0.25, 0.3) is 0 Å². The lowest BCUT2D eigenvalue weighted by molar-refractivity contribution is 0.509. The number of thioether (sulfide) groups is 1. The summed E-state index contributed by atoms with van der Waals surface area (Å²) in [6.45, 7) is 2.86. The Balaban J connectivity index is 2.12. The molecule has 108 valence electrons. The van der Waals surface area contributed by atoms with Crippen LogP contribution in [0.5, 0.6) is 0 Å². The lowest BCUT2D eigenvalue weighted by atomic mass is 10.1. The van der Waals surface area contributed by atoms with Gasteiger partial charge >= 0.3 is 0 Å². The maximum atomic E-state index is 13.8. The van der Waals surface area contributed by atoms with Crippen molar-refractivity contribution < 1.29 is 8.78 Å². The summed E-state index contributed by atoms with van der Waals surface area (Å²) in [5, 5.41) is 0. The summed E-state index contributed by atoms with van der Waals surface area (Å²) in [7, 11) is 0. The molecule has 6 heteroatoms. The predicted molar refractivity (Wildman–Crippen MR) is 79.3 cm³/mol. The summed E-state index contributed by atoms with van der Waals surface area (Å²) in [5.74, 6) is 0.703. The molecule has 1 aliphatic heterocycles. The fourth-order valence-electron chi connectivity index (χ4n) is 2.77. The van der Waals surface area contributed by atoms with Gasteiger partial charge in [-0.15, -0.1) is 11.6 Å². The van der Waals surface area contributed by atoms with Crippen LogP contribution in [0.4, 0.5) is 8.78 Å². The zero-order valence-electron chi connectivity index (χ0n) is 11.1. The smallest absolute Gasteiger partial charge is 0.153 e. The van der Waals surface area contributed by atoms with E-state index in [2.05, 4.69) is 11.9 Å². The number of imidazole rings is 1. The van der Waals surface area contributed by atoms with E-state index in [0.29, 0.717) is 17.9 Å². The Morgan fingerprint density at radius 3 is 2.90 bits per heavy atom. The molecule has 0 radical (unpaired) electrons. The quantitative estimate of drug-likeness (QED) is 0.784. The van der Waals surface area contributed by atoms with Gasteiger partial charge in [-0.2, -0.15) is 11.8 Å². The molecule has 1 aromatic carbocycles. The Morgan fingerprint density at radius 1 is 1.45 bits per heavy atom. The van der Waals surface area contributed by atoms with Crippen LogP contribution >= 0.6 is 23.4 Å². The summed E-state index contributed by atoms with van der Waals surface area (Å²) in [6, 6.07) is 2.20. The van der Waals surface area contributed by atoms with Crippen molar-refractivity contribution in [3.05, 3.63) is 29.6 Å². The van der Waals surface area contributed by atoms with E-state index in [1.54, 1.807) is 0 Å². The minimum absolute atomic E-state index is 0.0806. The second-order valence-electron chi connectivity index (χ2n) is 5.41. The van der Waals surface area contributed by atoms with Crippen molar-refractivity contribution in [3.63, 3.8) is 0 Å². The van der Waals surface area contributed by atoms with Crippen molar-refractivity contribution in [1.29, 1.82) is 0 Å². The van der Waals surface area contributed by atoms with Crippen LogP contribution in [0.25, 0.3) is 11.0 Å². The predicted octanol–water partition coefficient (Wildman–Crippen LogP) is 4.34. The fraction of sp³-hybridized carbons (Fsp3) is 0.500. The number of halogens is 3. The zero-order valence-corrected chi connectivity index (χ0v) is 12.7. The minimum atomic E-state index is -0.630. The second-order valence-corrected chi connectivity index (χ2v) is 7.35. The summed E-state index contributed by atoms with van der Waals surface area (Å²) in [5.41, 5.74) is 0.695. The third kappa shape index (κ3) is 2.42. The molecule has 2 nitrogen and oxygen atoms in total. The standard InChI is InChI=1S/C14H15ClF2N2S/c1-14(3-2-4-20-14)8-19-11-6-9(16)5-10(17)13(11)18-12(19)7-15/h5-6H,2-4,7-8H2,1H3. The van der Waals surface area contributed by atoms with Crippen LogP contribution < -0.4 is 0 Å². The molecule has 0 aliphatic carbocycles. The maximum Gasteiger partial charge on any atom is 0.153 e.